The molecule has 1 saturated heterocycles. The van der Waals surface area contributed by atoms with Gasteiger partial charge in [0, 0.05) is 44.1 Å². The summed E-state index contributed by atoms with van der Waals surface area (Å²) in [6.45, 7) is 6.46. The molecule has 7 heteroatoms. The van der Waals surface area contributed by atoms with Crippen molar-refractivity contribution in [2.75, 3.05) is 31.1 Å². The molecule has 1 aromatic carbocycles. The number of fused-ring (bicyclic) bond motifs is 1. The normalized spacial score (nSPS) is 17.5. The van der Waals surface area contributed by atoms with Gasteiger partial charge in [-0.3, -0.25) is 14.3 Å². The molecule has 3 heterocycles. The molecule has 0 saturated carbocycles. The summed E-state index contributed by atoms with van der Waals surface area (Å²) < 4.78 is 1.95. The number of nitrogens with zero attached hydrogens (tertiary/aromatic N) is 6. The summed E-state index contributed by atoms with van der Waals surface area (Å²) >= 11 is 0. The lowest BCUT2D eigenvalue weighted by Crippen LogP contribution is -2.38. The molecule has 33 heavy (non-hydrogen) atoms. The highest BCUT2D eigenvalue weighted by molar-refractivity contribution is 5.29. The van der Waals surface area contributed by atoms with E-state index in [0.717, 1.165) is 86.9 Å². The van der Waals surface area contributed by atoms with Crippen LogP contribution in [0.25, 0.3) is 0 Å². The van der Waals surface area contributed by atoms with Gasteiger partial charge in [0.2, 0.25) is 5.95 Å². The Morgan fingerprint density at radius 3 is 2.55 bits per heavy atom. The van der Waals surface area contributed by atoms with E-state index in [1.165, 1.54) is 0 Å². The lowest BCUT2D eigenvalue weighted by atomic mass is 10.1. The minimum absolute atomic E-state index is 0.115. The number of hydrogen-bond acceptors (Lipinski definition) is 6. The maximum atomic E-state index is 13.6. The molecule has 0 radical (unpaired) electrons. The van der Waals surface area contributed by atoms with Crippen LogP contribution in [-0.2, 0) is 19.4 Å². The third-order valence-electron chi connectivity index (χ3n) is 6.89. The van der Waals surface area contributed by atoms with Crippen molar-refractivity contribution >= 4 is 5.95 Å². The number of anilines is 1. The van der Waals surface area contributed by atoms with Crippen molar-refractivity contribution in [3.8, 4) is 0 Å². The first-order valence-electron chi connectivity index (χ1n) is 12.2. The Bertz CT molecular complexity index is 1130. The van der Waals surface area contributed by atoms with E-state index in [-0.39, 0.29) is 11.6 Å². The Morgan fingerprint density at radius 2 is 1.76 bits per heavy atom. The largest absolute Gasteiger partial charge is 0.339 e. The maximum Gasteiger partial charge on any atom is 0.257 e. The van der Waals surface area contributed by atoms with Gasteiger partial charge in [-0.2, -0.15) is 0 Å². The first-order chi connectivity index (χ1) is 16.2. The number of benzene rings is 1. The fourth-order valence-corrected chi connectivity index (χ4v) is 5.23. The Hall–Kier alpha value is -3.06. The van der Waals surface area contributed by atoms with Crippen molar-refractivity contribution in [2.24, 2.45) is 0 Å². The summed E-state index contributed by atoms with van der Waals surface area (Å²) in [5.74, 6) is 1.72. The molecule has 2 aromatic heterocycles. The molecule has 0 bridgehead atoms. The van der Waals surface area contributed by atoms with E-state index in [1.54, 1.807) is 12.4 Å². The monoisotopic (exact) mass is 444 g/mol. The van der Waals surface area contributed by atoms with E-state index in [2.05, 4.69) is 38.8 Å². The first kappa shape index (κ1) is 21.8. The van der Waals surface area contributed by atoms with Gasteiger partial charge in [-0.25, -0.2) is 15.0 Å². The van der Waals surface area contributed by atoms with Gasteiger partial charge in [0.15, 0.2) is 0 Å². The standard InChI is InChI=1S/C26H32N6O/c1-2-23(30-15-8-16-31(18-17-30)26-27-13-7-14-28-26)24-29-22-12-6-11-21(22)25(33)32(24)19-20-9-4-3-5-10-20/h3-5,7,9-10,13-14,23H,2,6,8,11-12,15-19H2,1H3. The Kier molecular flexibility index (Phi) is 6.48. The van der Waals surface area contributed by atoms with E-state index in [0.29, 0.717) is 6.54 Å². The van der Waals surface area contributed by atoms with Crippen LogP contribution < -0.4 is 10.5 Å². The molecule has 1 aliphatic carbocycles. The molecular weight excluding hydrogens is 412 g/mol. The van der Waals surface area contributed by atoms with Crippen molar-refractivity contribution in [3.63, 3.8) is 0 Å². The third-order valence-corrected chi connectivity index (χ3v) is 6.89. The van der Waals surface area contributed by atoms with Crippen LogP contribution in [0, 0.1) is 0 Å². The van der Waals surface area contributed by atoms with Crippen LogP contribution in [0.2, 0.25) is 0 Å². The molecule has 1 aliphatic heterocycles. The smallest absolute Gasteiger partial charge is 0.257 e. The zero-order valence-electron chi connectivity index (χ0n) is 19.4. The number of hydrogen-bond donors (Lipinski definition) is 0. The number of aromatic nitrogens is 4. The fourth-order valence-electron chi connectivity index (χ4n) is 5.23. The minimum Gasteiger partial charge on any atom is -0.339 e. The Balaban J connectivity index is 1.46. The van der Waals surface area contributed by atoms with Gasteiger partial charge in [-0.1, -0.05) is 37.3 Å². The van der Waals surface area contributed by atoms with Crippen molar-refractivity contribution < 1.29 is 0 Å². The van der Waals surface area contributed by atoms with Crippen molar-refractivity contribution in [1.29, 1.82) is 0 Å². The zero-order chi connectivity index (χ0) is 22.6. The lowest BCUT2D eigenvalue weighted by molar-refractivity contribution is 0.191. The van der Waals surface area contributed by atoms with Crippen molar-refractivity contribution in [3.05, 3.63) is 81.8 Å². The average molecular weight is 445 g/mol. The van der Waals surface area contributed by atoms with E-state index in [9.17, 15) is 4.79 Å². The highest BCUT2D eigenvalue weighted by Crippen LogP contribution is 2.27. The molecule has 0 N–H and O–H groups in total. The molecular formula is C26H32N6O. The topological polar surface area (TPSA) is 67.2 Å². The molecule has 5 rings (SSSR count). The molecule has 1 fully saturated rings. The molecule has 1 unspecified atom stereocenters. The van der Waals surface area contributed by atoms with Gasteiger partial charge in [0.05, 0.1) is 18.3 Å². The van der Waals surface area contributed by atoms with Gasteiger partial charge in [-0.05, 0) is 43.7 Å². The van der Waals surface area contributed by atoms with Crippen LogP contribution in [0.1, 0.15) is 54.9 Å². The molecule has 0 spiro atoms. The predicted octanol–water partition coefficient (Wildman–Crippen LogP) is 3.23. The Morgan fingerprint density at radius 1 is 0.939 bits per heavy atom. The second kappa shape index (κ2) is 9.83. The molecule has 2 aliphatic rings. The summed E-state index contributed by atoms with van der Waals surface area (Å²) in [6, 6.07) is 12.2. The van der Waals surface area contributed by atoms with Crippen molar-refractivity contribution in [1.82, 2.24) is 24.4 Å². The van der Waals surface area contributed by atoms with Crippen molar-refractivity contribution in [2.45, 2.75) is 51.6 Å². The average Bonchev–Trinajstić information content (AvgIpc) is 3.20. The summed E-state index contributed by atoms with van der Waals surface area (Å²) in [4.78, 5) is 32.4. The van der Waals surface area contributed by atoms with Gasteiger partial charge < -0.3 is 4.90 Å². The van der Waals surface area contributed by atoms with Crippen LogP contribution in [0.3, 0.4) is 0 Å². The van der Waals surface area contributed by atoms with Gasteiger partial charge >= 0.3 is 0 Å². The van der Waals surface area contributed by atoms with Gasteiger partial charge in [0.25, 0.3) is 5.56 Å². The highest BCUT2D eigenvalue weighted by Gasteiger charge is 2.29. The molecule has 3 aromatic rings. The fraction of sp³-hybridized carbons (Fsp3) is 0.462. The predicted molar refractivity (Wildman–Crippen MR) is 130 cm³/mol. The molecule has 1 atom stereocenters. The summed E-state index contributed by atoms with van der Waals surface area (Å²) in [7, 11) is 0. The number of rotatable bonds is 6. The van der Waals surface area contributed by atoms with Gasteiger partial charge in [-0.15, -0.1) is 0 Å². The van der Waals surface area contributed by atoms with E-state index >= 15 is 0 Å². The second-order valence-electron chi connectivity index (χ2n) is 8.98. The molecule has 172 valence electrons. The van der Waals surface area contributed by atoms with Gasteiger partial charge in [0.1, 0.15) is 5.82 Å². The van der Waals surface area contributed by atoms with E-state index in [4.69, 9.17) is 4.98 Å². The maximum absolute atomic E-state index is 13.6. The Labute approximate surface area is 195 Å². The summed E-state index contributed by atoms with van der Waals surface area (Å²) in [5, 5.41) is 0. The quantitative estimate of drug-likeness (QED) is 0.582. The zero-order valence-corrected chi connectivity index (χ0v) is 19.4. The molecule has 0 amide bonds. The molecule has 7 nitrogen and oxygen atoms in total. The summed E-state index contributed by atoms with van der Waals surface area (Å²) in [5.41, 5.74) is 3.24. The second-order valence-corrected chi connectivity index (χ2v) is 8.98. The summed E-state index contributed by atoms with van der Waals surface area (Å²) in [6.07, 6.45) is 8.35. The highest BCUT2D eigenvalue weighted by atomic mass is 16.1. The van der Waals surface area contributed by atoms with Crippen LogP contribution in [0.15, 0.2) is 53.6 Å². The lowest BCUT2D eigenvalue weighted by Gasteiger charge is -2.31. The van der Waals surface area contributed by atoms with E-state index in [1.807, 2.05) is 28.8 Å². The van der Waals surface area contributed by atoms with Crippen LogP contribution in [0.5, 0.6) is 0 Å². The SMILES string of the molecule is CCC(c1nc2c(c(=O)n1Cc1ccccc1)CCC2)N1CCCN(c2ncccn2)CC1. The van der Waals surface area contributed by atoms with E-state index < -0.39 is 0 Å². The first-order valence-corrected chi connectivity index (χ1v) is 12.2. The van der Waals surface area contributed by atoms with Crippen LogP contribution in [-0.4, -0.2) is 50.6 Å². The van der Waals surface area contributed by atoms with Crippen LogP contribution >= 0.6 is 0 Å². The van der Waals surface area contributed by atoms with Crippen LogP contribution in [0.4, 0.5) is 5.95 Å². The third kappa shape index (κ3) is 4.55. The minimum atomic E-state index is 0.115. The number of aryl methyl sites for hydroxylation is 1.